The molecule has 0 atom stereocenters. The molecule has 66 valence electrons. The second kappa shape index (κ2) is 3.18. The highest BCUT2D eigenvalue weighted by molar-refractivity contribution is 9.10. The average molecular weight is 241 g/mol. The molecule has 2 aromatic rings. The molecule has 2 rings (SSSR count). The molecule has 0 fully saturated rings. The molecule has 2 aromatic heterocycles. The fraction of sp³-hybridized carbons (Fsp3) is 0. The van der Waals surface area contributed by atoms with Crippen molar-refractivity contribution in [2.45, 2.75) is 0 Å². The summed E-state index contributed by atoms with van der Waals surface area (Å²) in [7, 11) is 0. The van der Waals surface area contributed by atoms with Crippen LogP contribution in [0.2, 0.25) is 0 Å². The minimum Gasteiger partial charge on any atom is -0.397 e. The van der Waals surface area contributed by atoms with Crippen molar-refractivity contribution in [1.29, 1.82) is 0 Å². The van der Waals surface area contributed by atoms with Crippen molar-refractivity contribution in [3.8, 4) is 5.69 Å². The average Bonchev–Trinajstić information content (AvgIpc) is 2.43. The summed E-state index contributed by atoms with van der Waals surface area (Å²) in [5.74, 6) is 0. The van der Waals surface area contributed by atoms with Gasteiger partial charge in [0.05, 0.1) is 18.9 Å². The van der Waals surface area contributed by atoms with Gasteiger partial charge in [-0.15, -0.1) is 0 Å². The fourth-order valence-corrected chi connectivity index (χ4v) is 1.19. The zero-order valence-electron chi connectivity index (χ0n) is 8.53. The van der Waals surface area contributed by atoms with Gasteiger partial charge in [0, 0.05) is 12.4 Å². The van der Waals surface area contributed by atoms with E-state index < -0.39 is 0 Å². The molecule has 2 heterocycles. The van der Waals surface area contributed by atoms with Crippen LogP contribution in [0.25, 0.3) is 5.69 Å². The highest BCUT2D eigenvalue weighted by Gasteiger charge is 2.01. The number of nitrogen functional groups attached to an aromatic ring is 1. The molecular weight excluding hydrogens is 232 g/mol. The van der Waals surface area contributed by atoms with E-state index in [2.05, 4.69) is 25.9 Å². The Kier molecular flexibility index (Phi) is 1.50. The van der Waals surface area contributed by atoms with Crippen molar-refractivity contribution in [2.24, 2.45) is 0 Å². The fourth-order valence-electron chi connectivity index (χ4n) is 0.934. The summed E-state index contributed by atoms with van der Waals surface area (Å²) in [5.41, 5.74) is 6.68. The molecule has 13 heavy (non-hydrogen) atoms. The summed E-state index contributed by atoms with van der Waals surface area (Å²) in [6.07, 6.45) is 3.09. The number of aromatic nitrogens is 3. The molecule has 0 unspecified atom stereocenters. The van der Waals surface area contributed by atoms with E-state index in [1.54, 1.807) is 12.3 Å². The van der Waals surface area contributed by atoms with E-state index >= 15 is 0 Å². The van der Waals surface area contributed by atoms with Gasteiger partial charge >= 0.3 is 0 Å². The van der Waals surface area contributed by atoms with Crippen LogP contribution in [-0.4, -0.2) is 14.5 Å². The van der Waals surface area contributed by atoms with Crippen molar-refractivity contribution in [3.05, 3.63) is 35.5 Å². The number of nitrogens with zero attached hydrogens (tertiary/aromatic N) is 3. The second-order valence-electron chi connectivity index (χ2n) is 2.38. The minimum atomic E-state index is -0.0495. The normalized spacial score (nSPS) is 12.4. The summed E-state index contributed by atoms with van der Waals surface area (Å²) < 4.78 is 16.9. The van der Waals surface area contributed by atoms with Crippen LogP contribution in [0.4, 0.5) is 5.69 Å². The Bertz CT molecular complexity index is 511. The summed E-state index contributed by atoms with van der Waals surface area (Å²) in [4.78, 5) is 7.71. The highest BCUT2D eigenvalue weighted by atomic mass is 79.9. The molecule has 0 saturated heterocycles. The number of nitrogens with two attached hydrogens (primary N) is 1. The van der Waals surface area contributed by atoms with Crippen LogP contribution >= 0.6 is 15.9 Å². The van der Waals surface area contributed by atoms with Crippen LogP contribution in [0.5, 0.6) is 0 Å². The smallest absolute Gasteiger partial charge is 0.124 e. The van der Waals surface area contributed by atoms with E-state index in [0.29, 0.717) is 16.0 Å². The lowest BCUT2D eigenvalue weighted by molar-refractivity contribution is 1.04. The maximum atomic E-state index is 7.70. The lowest BCUT2D eigenvalue weighted by Gasteiger charge is -2.03. The molecule has 0 aromatic carbocycles. The highest BCUT2D eigenvalue weighted by Crippen LogP contribution is 2.16. The van der Waals surface area contributed by atoms with Crippen LogP contribution < -0.4 is 5.73 Å². The van der Waals surface area contributed by atoms with Crippen LogP contribution in [0.15, 0.2) is 35.5 Å². The molecule has 0 saturated carbocycles. The van der Waals surface area contributed by atoms with E-state index in [4.69, 9.17) is 8.48 Å². The Morgan fingerprint density at radius 2 is 2.46 bits per heavy atom. The zero-order valence-corrected chi connectivity index (χ0v) is 8.12. The van der Waals surface area contributed by atoms with Gasteiger partial charge in [0.15, 0.2) is 0 Å². The van der Waals surface area contributed by atoms with E-state index in [1.165, 1.54) is 10.8 Å². The van der Waals surface area contributed by atoms with Crippen molar-refractivity contribution in [2.75, 3.05) is 5.73 Å². The van der Waals surface area contributed by atoms with Crippen LogP contribution in [-0.2, 0) is 0 Å². The Labute approximate surface area is 86.4 Å². The van der Waals surface area contributed by atoms with Gasteiger partial charge in [0.2, 0.25) is 0 Å². The molecule has 0 bridgehead atoms. The Hall–Kier alpha value is -1.36. The summed E-state index contributed by atoms with van der Waals surface area (Å²) in [6, 6.07) is 1.61. The van der Waals surface area contributed by atoms with Gasteiger partial charge < -0.3 is 10.3 Å². The van der Waals surface area contributed by atoms with E-state index in [1.807, 2.05) is 0 Å². The third-order valence-corrected chi connectivity index (χ3v) is 1.88. The van der Waals surface area contributed by atoms with E-state index in [0.717, 1.165) is 0 Å². The summed E-state index contributed by atoms with van der Waals surface area (Å²) in [6.45, 7) is 0. The maximum absolute atomic E-state index is 7.70. The third-order valence-electron chi connectivity index (χ3n) is 1.53. The molecule has 4 nitrogen and oxygen atoms in total. The van der Waals surface area contributed by atoms with Gasteiger partial charge in [0.1, 0.15) is 12.3 Å². The van der Waals surface area contributed by atoms with Crippen molar-refractivity contribution >= 4 is 21.6 Å². The van der Waals surface area contributed by atoms with Crippen LogP contribution in [0.1, 0.15) is 2.74 Å². The summed E-state index contributed by atoms with van der Waals surface area (Å²) >= 11 is 3.09. The molecule has 0 radical (unpaired) electrons. The molecule has 0 aliphatic rings. The Morgan fingerprint density at radius 3 is 3.08 bits per heavy atom. The van der Waals surface area contributed by atoms with Gasteiger partial charge in [-0.05, 0) is 22.0 Å². The number of imidazole rings is 1. The first-order valence-corrected chi connectivity index (χ1v) is 4.32. The standard InChI is InChI=1S/C8H7BrN4/c9-8-4-13(5-12-8)7-3-11-2-1-6(7)10/h1-5H,(H2,10,11)/i4D,5D. The molecule has 0 aliphatic heterocycles. The minimum absolute atomic E-state index is 0.0495. The molecule has 0 aliphatic carbocycles. The third kappa shape index (κ3) is 1.55. The molecule has 5 heteroatoms. The summed E-state index contributed by atoms with van der Waals surface area (Å²) in [5, 5.41) is 0. The van der Waals surface area contributed by atoms with E-state index in [-0.39, 0.29) is 12.5 Å². The van der Waals surface area contributed by atoms with Crippen LogP contribution in [0, 0.1) is 0 Å². The van der Waals surface area contributed by atoms with Crippen molar-refractivity contribution in [1.82, 2.24) is 14.5 Å². The van der Waals surface area contributed by atoms with Crippen molar-refractivity contribution < 1.29 is 2.74 Å². The molecule has 0 amide bonds. The largest absolute Gasteiger partial charge is 0.397 e. The molecule has 0 spiro atoms. The first kappa shape index (κ1) is 6.15. The predicted molar refractivity (Wildman–Crippen MR) is 53.5 cm³/mol. The van der Waals surface area contributed by atoms with Gasteiger partial charge in [-0.2, -0.15) is 0 Å². The van der Waals surface area contributed by atoms with Crippen LogP contribution in [0.3, 0.4) is 0 Å². The van der Waals surface area contributed by atoms with Gasteiger partial charge in [-0.25, -0.2) is 4.98 Å². The zero-order chi connectivity index (χ0) is 11.0. The predicted octanol–water partition coefficient (Wildman–Crippen LogP) is 1.61. The first-order chi connectivity index (χ1) is 7.11. The second-order valence-corrected chi connectivity index (χ2v) is 3.14. The number of anilines is 1. The SMILES string of the molecule is [2H]c1nc(Br)c([2H])n1-c1cnccc1N. The first-order valence-electron chi connectivity index (χ1n) is 4.52. The monoisotopic (exact) mass is 240 g/mol. The molecule has 2 N–H and O–H groups in total. The van der Waals surface area contributed by atoms with Crippen molar-refractivity contribution in [3.63, 3.8) is 0 Å². The number of hydrogen-bond acceptors (Lipinski definition) is 3. The Morgan fingerprint density at radius 1 is 1.62 bits per heavy atom. The lowest BCUT2D eigenvalue weighted by atomic mass is 10.3. The van der Waals surface area contributed by atoms with Gasteiger partial charge in [0.25, 0.3) is 0 Å². The van der Waals surface area contributed by atoms with Gasteiger partial charge in [-0.3, -0.25) is 4.98 Å². The lowest BCUT2D eigenvalue weighted by Crippen LogP contribution is -1.97. The number of rotatable bonds is 1. The van der Waals surface area contributed by atoms with E-state index in [9.17, 15) is 0 Å². The molecular formula is C8H7BrN4. The number of hydrogen-bond donors (Lipinski definition) is 1. The quantitative estimate of drug-likeness (QED) is 0.825. The van der Waals surface area contributed by atoms with Gasteiger partial charge in [-0.1, -0.05) is 0 Å². The topological polar surface area (TPSA) is 56.7 Å². The number of pyridine rings is 1. The Balaban J connectivity index is 2.69. The number of halogens is 1. The maximum Gasteiger partial charge on any atom is 0.124 e.